The molecule has 0 fully saturated rings. The zero-order chi connectivity index (χ0) is 23.4. The van der Waals surface area contributed by atoms with Gasteiger partial charge in [-0.15, -0.1) is 0 Å². The lowest BCUT2D eigenvalue weighted by Crippen LogP contribution is -2.19. The summed E-state index contributed by atoms with van der Waals surface area (Å²) in [4.78, 5) is 0. The van der Waals surface area contributed by atoms with Gasteiger partial charge in [0.05, 0.1) is 0 Å². The van der Waals surface area contributed by atoms with Gasteiger partial charge in [0.25, 0.3) is 0 Å². The molecular formula is C30H62O2. The van der Waals surface area contributed by atoms with Crippen LogP contribution < -0.4 is 0 Å². The molecule has 0 N–H and O–H groups in total. The highest BCUT2D eigenvalue weighted by atomic mass is 16.7. The van der Waals surface area contributed by atoms with Gasteiger partial charge in [0.1, 0.15) is 0 Å². The van der Waals surface area contributed by atoms with Gasteiger partial charge in [-0.25, -0.2) is 0 Å². The molecule has 0 saturated carbocycles. The summed E-state index contributed by atoms with van der Waals surface area (Å²) in [6, 6.07) is 0. The van der Waals surface area contributed by atoms with Crippen molar-refractivity contribution in [2.75, 3.05) is 13.2 Å². The highest BCUT2D eigenvalue weighted by molar-refractivity contribution is 4.53. The van der Waals surface area contributed by atoms with Crippen molar-refractivity contribution in [1.29, 1.82) is 0 Å². The van der Waals surface area contributed by atoms with E-state index in [1.54, 1.807) is 0 Å². The number of unbranched alkanes of at least 4 members (excludes halogenated alkanes) is 20. The zero-order valence-corrected chi connectivity index (χ0v) is 22.8. The molecule has 0 rings (SSSR count). The molecule has 0 radical (unpaired) electrons. The number of ether oxygens (including phenoxy) is 2. The Hall–Kier alpha value is -0.0800. The lowest BCUT2D eigenvalue weighted by molar-refractivity contribution is -0.148. The van der Waals surface area contributed by atoms with Gasteiger partial charge in [-0.05, 0) is 25.7 Å². The van der Waals surface area contributed by atoms with Crippen molar-refractivity contribution in [1.82, 2.24) is 0 Å². The fraction of sp³-hybridized carbons (Fsp3) is 1.00. The van der Waals surface area contributed by atoms with Crippen LogP contribution in [0.3, 0.4) is 0 Å². The van der Waals surface area contributed by atoms with Crippen molar-refractivity contribution in [2.45, 2.75) is 181 Å². The van der Waals surface area contributed by atoms with Crippen molar-refractivity contribution in [2.24, 2.45) is 0 Å². The molecule has 0 amide bonds. The first-order valence-electron chi connectivity index (χ1n) is 15.1. The van der Waals surface area contributed by atoms with Gasteiger partial charge in [0, 0.05) is 13.2 Å². The maximum absolute atomic E-state index is 6.18. The van der Waals surface area contributed by atoms with Crippen LogP contribution in [0, 0.1) is 0 Å². The second-order valence-corrected chi connectivity index (χ2v) is 10.0. The van der Waals surface area contributed by atoms with Gasteiger partial charge in [-0.2, -0.15) is 0 Å². The van der Waals surface area contributed by atoms with E-state index >= 15 is 0 Å². The van der Waals surface area contributed by atoms with Crippen LogP contribution >= 0.6 is 0 Å². The van der Waals surface area contributed by atoms with Crippen LogP contribution in [0.25, 0.3) is 0 Å². The smallest absolute Gasteiger partial charge is 0.157 e. The molecule has 194 valence electrons. The summed E-state index contributed by atoms with van der Waals surface area (Å²) < 4.78 is 12.4. The monoisotopic (exact) mass is 454 g/mol. The van der Waals surface area contributed by atoms with E-state index in [4.69, 9.17) is 9.47 Å². The summed E-state index contributed by atoms with van der Waals surface area (Å²) in [5, 5.41) is 0. The molecule has 0 aromatic rings. The summed E-state index contributed by atoms with van der Waals surface area (Å²) in [6.45, 7) is 8.63. The molecule has 0 spiro atoms. The second-order valence-electron chi connectivity index (χ2n) is 10.0. The van der Waals surface area contributed by atoms with E-state index in [0.717, 1.165) is 19.6 Å². The molecule has 1 atom stereocenters. The van der Waals surface area contributed by atoms with Crippen molar-refractivity contribution in [3.8, 4) is 0 Å². The van der Waals surface area contributed by atoms with Crippen LogP contribution in [0.15, 0.2) is 0 Å². The summed E-state index contributed by atoms with van der Waals surface area (Å²) in [5.41, 5.74) is 0. The van der Waals surface area contributed by atoms with Gasteiger partial charge in [0.2, 0.25) is 0 Å². The highest BCUT2D eigenvalue weighted by Gasteiger charge is 2.09. The lowest BCUT2D eigenvalue weighted by atomic mass is 10.1. The molecule has 2 nitrogen and oxygen atoms in total. The minimum atomic E-state index is 0.0414. The van der Waals surface area contributed by atoms with Gasteiger partial charge >= 0.3 is 0 Å². The molecular weight excluding hydrogens is 392 g/mol. The number of hydrogen-bond donors (Lipinski definition) is 0. The third kappa shape index (κ3) is 26.2. The molecule has 0 saturated heterocycles. The van der Waals surface area contributed by atoms with Crippen LogP contribution in [-0.4, -0.2) is 19.5 Å². The predicted molar refractivity (Wildman–Crippen MR) is 144 cm³/mol. The molecule has 0 aliphatic heterocycles. The van der Waals surface area contributed by atoms with Crippen molar-refractivity contribution >= 4 is 0 Å². The Morgan fingerprint density at radius 2 is 0.625 bits per heavy atom. The van der Waals surface area contributed by atoms with E-state index in [2.05, 4.69) is 20.8 Å². The first kappa shape index (κ1) is 31.9. The van der Waals surface area contributed by atoms with E-state index in [9.17, 15) is 0 Å². The normalized spacial score (nSPS) is 12.5. The third-order valence-electron chi connectivity index (χ3n) is 6.65. The Morgan fingerprint density at radius 1 is 0.344 bits per heavy atom. The Balaban J connectivity index is 3.82. The van der Waals surface area contributed by atoms with Gasteiger partial charge in [-0.1, -0.05) is 149 Å². The molecule has 0 aliphatic rings. The Kier molecular flexibility index (Phi) is 28.9. The summed E-state index contributed by atoms with van der Waals surface area (Å²) in [6.07, 6.45) is 32.4. The van der Waals surface area contributed by atoms with Crippen LogP contribution in [-0.2, 0) is 9.47 Å². The predicted octanol–water partition coefficient (Wildman–Crippen LogP) is 10.8. The molecule has 0 heterocycles. The zero-order valence-electron chi connectivity index (χ0n) is 22.8. The fourth-order valence-electron chi connectivity index (χ4n) is 4.38. The van der Waals surface area contributed by atoms with E-state index in [1.165, 1.54) is 148 Å². The third-order valence-corrected chi connectivity index (χ3v) is 6.65. The average molecular weight is 455 g/mol. The van der Waals surface area contributed by atoms with Crippen molar-refractivity contribution in [3.63, 3.8) is 0 Å². The molecule has 32 heavy (non-hydrogen) atoms. The van der Waals surface area contributed by atoms with Gasteiger partial charge < -0.3 is 9.47 Å². The van der Waals surface area contributed by atoms with E-state index in [-0.39, 0.29) is 6.29 Å². The summed E-state index contributed by atoms with van der Waals surface area (Å²) in [7, 11) is 0. The molecule has 1 unspecified atom stereocenters. The maximum Gasteiger partial charge on any atom is 0.157 e. The molecule has 2 heteroatoms. The molecule has 0 aromatic carbocycles. The first-order chi connectivity index (χ1) is 15.8. The van der Waals surface area contributed by atoms with Crippen molar-refractivity contribution in [3.05, 3.63) is 0 Å². The van der Waals surface area contributed by atoms with Crippen LogP contribution in [0.2, 0.25) is 0 Å². The van der Waals surface area contributed by atoms with Crippen molar-refractivity contribution < 1.29 is 9.47 Å². The van der Waals surface area contributed by atoms with Crippen LogP contribution in [0.4, 0.5) is 0 Å². The summed E-state index contributed by atoms with van der Waals surface area (Å²) in [5.74, 6) is 0. The van der Waals surface area contributed by atoms with E-state index < -0.39 is 0 Å². The SMILES string of the molecule is CCCCCCCCCCCC(OCCCCCCCC)OCCCCCCCCCC. The Morgan fingerprint density at radius 3 is 0.969 bits per heavy atom. The summed E-state index contributed by atoms with van der Waals surface area (Å²) >= 11 is 0. The fourth-order valence-corrected chi connectivity index (χ4v) is 4.38. The van der Waals surface area contributed by atoms with Crippen LogP contribution in [0.1, 0.15) is 175 Å². The second kappa shape index (κ2) is 29.0. The Bertz CT molecular complexity index is 296. The topological polar surface area (TPSA) is 18.5 Å². The lowest BCUT2D eigenvalue weighted by Gasteiger charge is -2.19. The first-order valence-corrected chi connectivity index (χ1v) is 15.1. The maximum atomic E-state index is 6.18. The van der Waals surface area contributed by atoms with Gasteiger partial charge in [-0.3, -0.25) is 0 Å². The van der Waals surface area contributed by atoms with Gasteiger partial charge in [0.15, 0.2) is 6.29 Å². The van der Waals surface area contributed by atoms with E-state index in [1.807, 2.05) is 0 Å². The number of hydrogen-bond acceptors (Lipinski definition) is 2. The minimum absolute atomic E-state index is 0.0414. The minimum Gasteiger partial charge on any atom is -0.353 e. The molecule has 0 aromatic heterocycles. The van der Waals surface area contributed by atoms with E-state index in [0.29, 0.717) is 0 Å². The quantitative estimate of drug-likeness (QED) is 0.0864. The molecule has 0 aliphatic carbocycles. The molecule has 0 bridgehead atoms. The average Bonchev–Trinajstić information content (AvgIpc) is 2.80. The standard InChI is InChI=1S/C30H62O2/c1-4-7-10-13-16-18-19-21-24-27-30(31-28-25-22-15-12-9-6-3)32-29-26-23-20-17-14-11-8-5-2/h30H,4-29H2,1-3H3. The highest BCUT2D eigenvalue weighted by Crippen LogP contribution is 2.15. The largest absolute Gasteiger partial charge is 0.353 e. The number of rotatable bonds is 28. The Labute approximate surface area is 204 Å². The van der Waals surface area contributed by atoms with Crippen LogP contribution in [0.5, 0.6) is 0 Å².